The highest BCUT2D eigenvalue weighted by Gasteiger charge is 2.41. The summed E-state index contributed by atoms with van der Waals surface area (Å²) < 4.78 is 67.9. The fourth-order valence-electron chi connectivity index (χ4n) is 2.01. The molecular weight excluding hydrogens is 349 g/mol. The number of alkyl halides is 3. The smallest absolute Gasteiger partial charge is 0.434 e. The molecule has 0 radical (unpaired) electrons. The van der Waals surface area contributed by atoms with Crippen molar-refractivity contribution in [3.63, 3.8) is 0 Å². The Bertz CT molecular complexity index is 855. The van der Waals surface area contributed by atoms with Gasteiger partial charge in [-0.15, -0.1) is 0 Å². The van der Waals surface area contributed by atoms with Crippen molar-refractivity contribution in [2.24, 2.45) is 0 Å². The molecule has 130 valence electrons. The van der Waals surface area contributed by atoms with Gasteiger partial charge in [-0.1, -0.05) is 0 Å². The Morgan fingerprint density at radius 1 is 1.25 bits per heavy atom. The predicted molar refractivity (Wildman–Crippen MR) is 77.6 cm³/mol. The summed E-state index contributed by atoms with van der Waals surface area (Å²) in [5, 5.41) is 3.59. The fourth-order valence-corrected chi connectivity index (χ4v) is 2.64. The summed E-state index contributed by atoms with van der Waals surface area (Å²) in [6.45, 7) is 1.39. The van der Waals surface area contributed by atoms with Crippen molar-refractivity contribution in [3.05, 3.63) is 41.7 Å². The van der Waals surface area contributed by atoms with Crippen LogP contribution in [0.4, 0.5) is 13.2 Å². The molecule has 0 aliphatic rings. The summed E-state index contributed by atoms with van der Waals surface area (Å²) in [4.78, 5) is 11.6. The number of nitrogens with zero attached hydrogens (tertiary/aromatic N) is 2. The fraction of sp³-hybridized carbons (Fsp3) is 0.286. The maximum Gasteiger partial charge on any atom is 0.434 e. The van der Waals surface area contributed by atoms with Crippen molar-refractivity contribution in [2.45, 2.75) is 18.0 Å². The van der Waals surface area contributed by atoms with Gasteiger partial charge in [0, 0.05) is 6.26 Å². The van der Waals surface area contributed by atoms with Crippen LogP contribution < -0.4 is 0 Å². The molecule has 0 bridgehead atoms. The summed E-state index contributed by atoms with van der Waals surface area (Å²) in [6, 6.07) is 4.67. The highest BCUT2D eigenvalue weighted by molar-refractivity contribution is 7.90. The summed E-state index contributed by atoms with van der Waals surface area (Å²) >= 11 is 0. The zero-order chi connectivity index (χ0) is 18.1. The first-order valence-corrected chi connectivity index (χ1v) is 8.57. The van der Waals surface area contributed by atoms with Crippen molar-refractivity contribution in [3.8, 4) is 5.69 Å². The lowest BCUT2D eigenvalue weighted by molar-refractivity contribution is -0.143. The molecule has 0 fully saturated rings. The van der Waals surface area contributed by atoms with Crippen LogP contribution in [0.3, 0.4) is 0 Å². The van der Waals surface area contributed by atoms with Gasteiger partial charge in [-0.3, -0.25) is 0 Å². The Morgan fingerprint density at radius 3 is 2.29 bits per heavy atom. The minimum atomic E-state index is -4.85. The first kappa shape index (κ1) is 18.0. The van der Waals surface area contributed by atoms with Crippen LogP contribution in [0.2, 0.25) is 0 Å². The SMILES string of the molecule is CCOC(=O)c1cnn(-c2ccc(S(C)(=O)=O)cc2)c1C(F)(F)F. The van der Waals surface area contributed by atoms with Crippen LogP contribution in [-0.2, 0) is 20.8 Å². The van der Waals surface area contributed by atoms with E-state index in [9.17, 15) is 26.4 Å². The van der Waals surface area contributed by atoms with E-state index in [0.29, 0.717) is 4.68 Å². The third-order valence-electron chi connectivity index (χ3n) is 3.04. The quantitative estimate of drug-likeness (QED) is 0.781. The summed E-state index contributed by atoms with van der Waals surface area (Å²) in [7, 11) is -3.48. The number of aromatic nitrogens is 2. The third kappa shape index (κ3) is 3.58. The van der Waals surface area contributed by atoms with Gasteiger partial charge in [0.2, 0.25) is 0 Å². The van der Waals surface area contributed by atoms with Gasteiger partial charge >= 0.3 is 12.1 Å². The molecule has 0 N–H and O–H groups in total. The van der Waals surface area contributed by atoms with E-state index in [1.165, 1.54) is 19.1 Å². The number of hydrogen-bond donors (Lipinski definition) is 0. The first-order chi connectivity index (χ1) is 11.1. The minimum absolute atomic E-state index is 0.0368. The zero-order valence-electron chi connectivity index (χ0n) is 12.7. The molecule has 0 aliphatic heterocycles. The van der Waals surface area contributed by atoms with E-state index in [0.717, 1.165) is 24.6 Å². The average molecular weight is 362 g/mol. The van der Waals surface area contributed by atoms with E-state index in [-0.39, 0.29) is 17.2 Å². The number of benzene rings is 1. The molecule has 0 atom stereocenters. The van der Waals surface area contributed by atoms with E-state index in [2.05, 4.69) is 9.84 Å². The van der Waals surface area contributed by atoms with E-state index in [1.54, 1.807) is 0 Å². The largest absolute Gasteiger partial charge is 0.462 e. The van der Waals surface area contributed by atoms with Crippen molar-refractivity contribution in [2.75, 3.05) is 12.9 Å². The highest BCUT2D eigenvalue weighted by Crippen LogP contribution is 2.34. The van der Waals surface area contributed by atoms with Crippen LogP contribution in [-0.4, -0.2) is 37.0 Å². The van der Waals surface area contributed by atoms with Gasteiger partial charge in [0.15, 0.2) is 15.5 Å². The van der Waals surface area contributed by atoms with Crippen LogP contribution in [0, 0.1) is 0 Å². The van der Waals surface area contributed by atoms with Crippen LogP contribution >= 0.6 is 0 Å². The van der Waals surface area contributed by atoms with Gasteiger partial charge in [-0.25, -0.2) is 17.9 Å². The Labute approximate surface area is 135 Å². The Hall–Kier alpha value is -2.36. The van der Waals surface area contributed by atoms with Gasteiger partial charge in [0.1, 0.15) is 5.56 Å². The van der Waals surface area contributed by atoms with E-state index < -0.39 is 33.2 Å². The lowest BCUT2D eigenvalue weighted by Crippen LogP contribution is -2.18. The van der Waals surface area contributed by atoms with Crippen LogP contribution in [0.1, 0.15) is 23.0 Å². The summed E-state index contributed by atoms with van der Waals surface area (Å²) in [6.07, 6.45) is -3.10. The monoisotopic (exact) mass is 362 g/mol. The molecule has 0 spiro atoms. The van der Waals surface area contributed by atoms with Crippen molar-refractivity contribution < 1.29 is 31.1 Å². The number of halogens is 3. The normalized spacial score (nSPS) is 12.2. The molecule has 0 aliphatic carbocycles. The van der Waals surface area contributed by atoms with Crippen LogP contribution in [0.5, 0.6) is 0 Å². The number of carbonyl (C=O) groups is 1. The molecule has 6 nitrogen and oxygen atoms in total. The predicted octanol–water partition coefficient (Wildman–Crippen LogP) is 2.47. The zero-order valence-corrected chi connectivity index (χ0v) is 13.5. The van der Waals surface area contributed by atoms with Gasteiger partial charge in [-0.2, -0.15) is 18.3 Å². The Kier molecular flexibility index (Phi) is 4.70. The Morgan fingerprint density at radius 2 is 1.83 bits per heavy atom. The molecule has 2 aromatic rings. The van der Waals surface area contributed by atoms with Gasteiger partial charge < -0.3 is 4.74 Å². The second-order valence-electron chi connectivity index (χ2n) is 4.80. The van der Waals surface area contributed by atoms with Crippen molar-refractivity contribution in [1.82, 2.24) is 9.78 Å². The molecule has 10 heteroatoms. The lowest BCUT2D eigenvalue weighted by Gasteiger charge is -2.12. The maximum absolute atomic E-state index is 13.3. The van der Waals surface area contributed by atoms with Crippen LogP contribution in [0.25, 0.3) is 5.69 Å². The number of rotatable bonds is 4. The maximum atomic E-state index is 13.3. The number of esters is 1. The second-order valence-corrected chi connectivity index (χ2v) is 6.82. The molecular formula is C14H13F3N2O4S. The molecule has 0 amide bonds. The number of carbonyl (C=O) groups excluding carboxylic acids is 1. The van der Waals surface area contributed by atoms with E-state index in [1.807, 2.05) is 0 Å². The third-order valence-corrected chi connectivity index (χ3v) is 4.17. The van der Waals surface area contributed by atoms with E-state index in [4.69, 9.17) is 0 Å². The van der Waals surface area contributed by atoms with Gasteiger partial charge in [-0.05, 0) is 31.2 Å². The molecule has 2 rings (SSSR count). The number of sulfone groups is 1. The Balaban J connectivity index is 2.57. The molecule has 0 saturated heterocycles. The molecule has 1 aromatic heterocycles. The van der Waals surface area contributed by atoms with Crippen molar-refractivity contribution in [1.29, 1.82) is 0 Å². The minimum Gasteiger partial charge on any atom is -0.462 e. The van der Waals surface area contributed by atoms with Gasteiger partial charge in [0.05, 0.1) is 23.4 Å². The van der Waals surface area contributed by atoms with Crippen molar-refractivity contribution >= 4 is 15.8 Å². The van der Waals surface area contributed by atoms with Crippen LogP contribution in [0.15, 0.2) is 35.4 Å². The summed E-state index contributed by atoms with van der Waals surface area (Å²) in [5.41, 5.74) is -2.03. The number of ether oxygens (including phenoxy) is 1. The van der Waals surface area contributed by atoms with Gasteiger partial charge in [0.25, 0.3) is 0 Å². The highest BCUT2D eigenvalue weighted by atomic mass is 32.2. The molecule has 0 unspecified atom stereocenters. The summed E-state index contributed by atoms with van der Waals surface area (Å²) in [5.74, 6) is -1.14. The topological polar surface area (TPSA) is 78.3 Å². The number of hydrogen-bond acceptors (Lipinski definition) is 5. The van der Waals surface area contributed by atoms with E-state index >= 15 is 0 Å². The standard InChI is InChI=1S/C14H13F3N2O4S/c1-3-23-13(20)11-8-18-19(12(11)14(15,16)17)9-4-6-10(7-5-9)24(2,21)22/h4-8H,3H2,1-2H3. The second kappa shape index (κ2) is 6.27. The molecule has 1 aromatic carbocycles. The first-order valence-electron chi connectivity index (χ1n) is 6.68. The molecule has 24 heavy (non-hydrogen) atoms. The lowest BCUT2D eigenvalue weighted by atomic mass is 10.2. The molecule has 0 saturated carbocycles. The molecule has 1 heterocycles. The average Bonchev–Trinajstić information content (AvgIpc) is 2.92.